The zero-order valence-corrected chi connectivity index (χ0v) is 14.6. The summed E-state index contributed by atoms with van der Waals surface area (Å²) in [6.45, 7) is 4.35. The highest BCUT2D eigenvalue weighted by Crippen LogP contribution is 2.21. The molecule has 6 heteroatoms. The van der Waals surface area contributed by atoms with E-state index in [1.54, 1.807) is 17.5 Å². The third kappa shape index (κ3) is 4.03. The Bertz CT molecular complexity index is 808. The first-order valence-electron chi connectivity index (χ1n) is 7.31. The molecule has 1 aromatic carbocycles. The maximum Gasteiger partial charge on any atom is 0.263 e. The maximum atomic E-state index is 12.4. The predicted octanol–water partition coefficient (Wildman–Crippen LogP) is 3.74. The van der Waals surface area contributed by atoms with Crippen LogP contribution in [0.3, 0.4) is 0 Å². The van der Waals surface area contributed by atoms with Gasteiger partial charge in [0.1, 0.15) is 4.88 Å². The standard InChI is InChI=1S/C17H17N3OS2/c1-11-16(17(21)19-10-14-9-18-12(2)22-14)23-15(20-11)8-13-6-4-3-5-7-13/h3-7,9H,8,10H2,1-2H3,(H,19,21). The van der Waals surface area contributed by atoms with Crippen LogP contribution in [0.1, 0.15) is 35.8 Å². The minimum absolute atomic E-state index is 0.0645. The molecule has 0 saturated heterocycles. The summed E-state index contributed by atoms with van der Waals surface area (Å²) in [5.74, 6) is -0.0645. The van der Waals surface area contributed by atoms with Crippen LogP contribution in [0.2, 0.25) is 0 Å². The molecule has 0 radical (unpaired) electrons. The monoisotopic (exact) mass is 343 g/mol. The van der Waals surface area contributed by atoms with Crippen LogP contribution in [0.25, 0.3) is 0 Å². The summed E-state index contributed by atoms with van der Waals surface area (Å²) in [5.41, 5.74) is 1.99. The quantitative estimate of drug-likeness (QED) is 0.768. The molecule has 3 aromatic rings. The Morgan fingerprint density at radius 2 is 1.96 bits per heavy atom. The van der Waals surface area contributed by atoms with Gasteiger partial charge in [0.2, 0.25) is 0 Å². The molecule has 2 heterocycles. The first-order chi connectivity index (χ1) is 11.1. The van der Waals surface area contributed by atoms with Gasteiger partial charge in [0, 0.05) is 17.5 Å². The zero-order chi connectivity index (χ0) is 16.2. The van der Waals surface area contributed by atoms with Crippen molar-refractivity contribution in [2.45, 2.75) is 26.8 Å². The molecule has 0 aliphatic carbocycles. The van der Waals surface area contributed by atoms with Gasteiger partial charge < -0.3 is 5.32 Å². The van der Waals surface area contributed by atoms with Crippen molar-refractivity contribution >= 4 is 28.6 Å². The van der Waals surface area contributed by atoms with Crippen LogP contribution in [0, 0.1) is 13.8 Å². The summed E-state index contributed by atoms with van der Waals surface area (Å²) in [7, 11) is 0. The van der Waals surface area contributed by atoms with Gasteiger partial charge in [-0.3, -0.25) is 4.79 Å². The SMILES string of the molecule is Cc1ncc(CNC(=O)c2sc(Cc3ccccc3)nc2C)s1. The number of carbonyl (C=O) groups is 1. The minimum atomic E-state index is -0.0645. The number of aryl methyl sites for hydroxylation is 2. The second-order valence-corrected chi connectivity index (χ2v) is 7.62. The van der Waals surface area contributed by atoms with Gasteiger partial charge in [-0.15, -0.1) is 22.7 Å². The Kier molecular flexibility index (Phi) is 4.83. The molecule has 2 aromatic heterocycles. The summed E-state index contributed by atoms with van der Waals surface area (Å²) in [4.78, 5) is 22.8. The van der Waals surface area contributed by atoms with Gasteiger partial charge in [0.15, 0.2) is 0 Å². The molecule has 1 N–H and O–H groups in total. The van der Waals surface area contributed by atoms with E-state index < -0.39 is 0 Å². The molecule has 0 spiro atoms. The number of amides is 1. The van der Waals surface area contributed by atoms with E-state index in [4.69, 9.17) is 0 Å². The Morgan fingerprint density at radius 3 is 2.65 bits per heavy atom. The van der Waals surface area contributed by atoms with Gasteiger partial charge >= 0.3 is 0 Å². The lowest BCUT2D eigenvalue weighted by molar-refractivity contribution is 0.0954. The van der Waals surface area contributed by atoms with Crippen LogP contribution >= 0.6 is 22.7 Å². The summed E-state index contributed by atoms with van der Waals surface area (Å²) in [6.07, 6.45) is 2.56. The normalized spacial score (nSPS) is 10.7. The van der Waals surface area contributed by atoms with Gasteiger partial charge in [-0.2, -0.15) is 0 Å². The fourth-order valence-corrected chi connectivity index (χ4v) is 3.99. The summed E-state index contributed by atoms with van der Waals surface area (Å²) in [5, 5.41) is 4.92. The van der Waals surface area contributed by atoms with E-state index in [0.29, 0.717) is 11.4 Å². The van der Waals surface area contributed by atoms with Crippen LogP contribution in [0.5, 0.6) is 0 Å². The van der Waals surface area contributed by atoms with E-state index in [9.17, 15) is 4.79 Å². The summed E-state index contributed by atoms with van der Waals surface area (Å²) in [6, 6.07) is 10.2. The Hall–Kier alpha value is -2.05. The highest BCUT2D eigenvalue weighted by Gasteiger charge is 2.15. The number of thiazole rings is 2. The molecule has 0 unspecified atom stereocenters. The highest BCUT2D eigenvalue weighted by molar-refractivity contribution is 7.13. The van der Waals surface area contributed by atoms with Crippen molar-refractivity contribution < 1.29 is 4.79 Å². The number of aromatic nitrogens is 2. The first kappa shape index (κ1) is 15.8. The van der Waals surface area contributed by atoms with Crippen molar-refractivity contribution in [1.82, 2.24) is 15.3 Å². The molecule has 23 heavy (non-hydrogen) atoms. The van der Waals surface area contributed by atoms with Crippen molar-refractivity contribution in [3.05, 3.63) is 67.6 Å². The molecular formula is C17H17N3OS2. The van der Waals surface area contributed by atoms with Crippen LogP contribution < -0.4 is 5.32 Å². The van der Waals surface area contributed by atoms with Gasteiger partial charge in [-0.1, -0.05) is 30.3 Å². The van der Waals surface area contributed by atoms with Crippen molar-refractivity contribution in [2.75, 3.05) is 0 Å². The van der Waals surface area contributed by atoms with Crippen LogP contribution in [-0.2, 0) is 13.0 Å². The minimum Gasteiger partial charge on any atom is -0.346 e. The number of nitrogens with one attached hydrogen (secondary N) is 1. The predicted molar refractivity (Wildman–Crippen MR) is 94.1 cm³/mol. The number of benzene rings is 1. The van der Waals surface area contributed by atoms with Crippen molar-refractivity contribution in [3.8, 4) is 0 Å². The molecule has 0 saturated carbocycles. The molecule has 1 amide bonds. The van der Waals surface area contributed by atoms with E-state index in [-0.39, 0.29) is 5.91 Å². The lowest BCUT2D eigenvalue weighted by Crippen LogP contribution is -2.22. The van der Waals surface area contributed by atoms with Crippen molar-refractivity contribution in [3.63, 3.8) is 0 Å². The summed E-state index contributed by atoms with van der Waals surface area (Å²) >= 11 is 3.07. The number of carbonyl (C=O) groups excluding carboxylic acids is 1. The average molecular weight is 343 g/mol. The molecule has 3 rings (SSSR count). The lowest BCUT2D eigenvalue weighted by Gasteiger charge is -2.01. The van der Waals surface area contributed by atoms with Crippen molar-refractivity contribution in [1.29, 1.82) is 0 Å². The van der Waals surface area contributed by atoms with Crippen LogP contribution in [-0.4, -0.2) is 15.9 Å². The maximum absolute atomic E-state index is 12.4. The average Bonchev–Trinajstić information content (AvgIpc) is 3.12. The number of hydrogen-bond acceptors (Lipinski definition) is 5. The Balaban J connectivity index is 1.66. The number of nitrogens with zero attached hydrogens (tertiary/aromatic N) is 2. The first-order valence-corrected chi connectivity index (χ1v) is 8.95. The van der Waals surface area contributed by atoms with E-state index in [0.717, 1.165) is 27.0 Å². The molecular weight excluding hydrogens is 326 g/mol. The molecule has 0 aliphatic heterocycles. The van der Waals surface area contributed by atoms with Gasteiger partial charge in [0.05, 0.1) is 22.3 Å². The topological polar surface area (TPSA) is 54.9 Å². The molecule has 0 aliphatic rings. The highest BCUT2D eigenvalue weighted by atomic mass is 32.1. The van der Waals surface area contributed by atoms with Crippen LogP contribution in [0.4, 0.5) is 0 Å². The van der Waals surface area contributed by atoms with Gasteiger partial charge in [-0.05, 0) is 19.4 Å². The van der Waals surface area contributed by atoms with Gasteiger partial charge in [-0.25, -0.2) is 9.97 Å². The number of rotatable bonds is 5. The fraction of sp³-hybridized carbons (Fsp3) is 0.235. The third-order valence-electron chi connectivity index (χ3n) is 3.34. The summed E-state index contributed by atoms with van der Waals surface area (Å²) < 4.78 is 0. The number of hydrogen-bond donors (Lipinski definition) is 1. The zero-order valence-electron chi connectivity index (χ0n) is 13.0. The smallest absolute Gasteiger partial charge is 0.263 e. The van der Waals surface area contributed by atoms with E-state index >= 15 is 0 Å². The molecule has 0 atom stereocenters. The van der Waals surface area contributed by atoms with E-state index in [1.807, 2.05) is 32.0 Å². The molecule has 118 valence electrons. The third-order valence-corrected chi connectivity index (χ3v) is 5.41. The largest absolute Gasteiger partial charge is 0.346 e. The van der Waals surface area contributed by atoms with Crippen molar-refractivity contribution in [2.24, 2.45) is 0 Å². The second kappa shape index (κ2) is 7.02. The van der Waals surface area contributed by atoms with Crippen LogP contribution in [0.15, 0.2) is 36.5 Å². The second-order valence-electron chi connectivity index (χ2n) is 5.21. The Morgan fingerprint density at radius 1 is 1.17 bits per heavy atom. The van der Waals surface area contributed by atoms with E-state index in [1.165, 1.54) is 16.9 Å². The lowest BCUT2D eigenvalue weighted by atomic mass is 10.2. The van der Waals surface area contributed by atoms with E-state index in [2.05, 4.69) is 27.4 Å². The molecule has 0 bridgehead atoms. The van der Waals surface area contributed by atoms with Gasteiger partial charge in [0.25, 0.3) is 5.91 Å². The molecule has 0 fully saturated rings. The Labute approximate surface area is 143 Å². The fourth-order valence-electron chi connectivity index (χ4n) is 2.24. The molecule has 4 nitrogen and oxygen atoms in total.